The van der Waals surface area contributed by atoms with Crippen LogP contribution in [0, 0.1) is 6.92 Å². The maximum atomic E-state index is 12.5. The molecule has 0 aliphatic rings. The van der Waals surface area contributed by atoms with E-state index < -0.39 is 11.7 Å². The highest BCUT2D eigenvalue weighted by Gasteiger charge is 2.30. The number of aromatic nitrogens is 1. The first-order chi connectivity index (χ1) is 9.77. The molecule has 0 bridgehead atoms. The molecule has 0 spiro atoms. The SMILES string of the molecule is Cc1csc(C(C)NC(C)c2ccc(C(F)(F)F)cc2)n1. The normalized spacial score (nSPS) is 15.0. The number of halogens is 3. The van der Waals surface area contributed by atoms with Gasteiger partial charge in [-0.3, -0.25) is 0 Å². The van der Waals surface area contributed by atoms with Gasteiger partial charge in [0.15, 0.2) is 0 Å². The average Bonchev–Trinajstić information content (AvgIpc) is 2.84. The van der Waals surface area contributed by atoms with Gasteiger partial charge in [0.05, 0.1) is 11.6 Å². The Labute approximate surface area is 126 Å². The number of thiazole rings is 1. The van der Waals surface area contributed by atoms with Crippen molar-refractivity contribution in [1.29, 1.82) is 0 Å². The van der Waals surface area contributed by atoms with Crippen LogP contribution in [0.2, 0.25) is 0 Å². The monoisotopic (exact) mass is 314 g/mol. The van der Waals surface area contributed by atoms with Crippen LogP contribution in [0.4, 0.5) is 13.2 Å². The lowest BCUT2D eigenvalue weighted by atomic mass is 10.1. The van der Waals surface area contributed by atoms with Crippen LogP contribution in [0.25, 0.3) is 0 Å². The number of alkyl halides is 3. The second kappa shape index (κ2) is 6.15. The maximum Gasteiger partial charge on any atom is 0.416 e. The van der Waals surface area contributed by atoms with Crippen LogP contribution in [0.3, 0.4) is 0 Å². The van der Waals surface area contributed by atoms with E-state index in [4.69, 9.17) is 0 Å². The van der Waals surface area contributed by atoms with E-state index in [0.717, 1.165) is 28.4 Å². The molecule has 0 aliphatic carbocycles. The molecule has 1 aromatic carbocycles. The van der Waals surface area contributed by atoms with Crippen LogP contribution < -0.4 is 5.32 Å². The van der Waals surface area contributed by atoms with Gasteiger partial charge in [0.1, 0.15) is 5.01 Å². The molecular formula is C15H17F3N2S. The zero-order valence-corrected chi connectivity index (χ0v) is 12.8. The van der Waals surface area contributed by atoms with Gasteiger partial charge in [0.25, 0.3) is 0 Å². The highest BCUT2D eigenvalue weighted by atomic mass is 32.1. The smallest absolute Gasteiger partial charge is 0.302 e. The summed E-state index contributed by atoms with van der Waals surface area (Å²) >= 11 is 1.58. The Balaban J connectivity index is 2.04. The van der Waals surface area contributed by atoms with E-state index in [1.165, 1.54) is 12.1 Å². The first-order valence-electron chi connectivity index (χ1n) is 6.62. The van der Waals surface area contributed by atoms with Crippen molar-refractivity contribution in [3.05, 3.63) is 51.5 Å². The Hall–Kier alpha value is -1.40. The molecule has 1 heterocycles. The molecule has 1 aromatic heterocycles. The molecule has 0 saturated heterocycles. The minimum absolute atomic E-state index is 0.0495. The summed E-state index contributed by atoms with van der Waals surface area (Å²) < 4.78 is 37.6. The zero-order valence-electron chi connectivity index (χ0n) is 12.0. The van der Waals surface area contributed by atoms with Crippen molar-refractivity contribution < 1.29 is 13.2 Å². The van der Waals surface area contributed by atoms with Crippen molar-refractivity contribution in [3.63, 3.8) is 0 Å². The van der Waals surface area contributed by atoms with Gasteiger partial charge < -0.3 is 5.32 Å². The summed E-state index contributed by atoms with van der Waals surface area (Å²) in [6.07, 6.45) is -4.29. The molecule has 0 saturated carbocycles. The van der Waals surface area contributed by atoms with Crippen LogP contribution in [0.1, 0.15) is 47.8 Å². The van der Waals surface area contributed by atoms with Crippen molar-refractivity contribution in [2.75, 3.05) is 0 Å². The van der Waals surface area contributed by atoms with Gasteiger partial charge >= 0.3 is 6.18 Å². The molecule has 2 nitrogen and oxygen atoms in total. The fraction of sp³-hybridized carbons (Fsp3) is 0.400. The summed E-state index contributed by atoms with van der Waals surface area (Å²) in [5, 5.41) is 6.31. The topological polar surface area (TPSA) is 24.9 Å². The molecule has 21 heavy (non-hydrogen) atoms. The summed E-state index contributed by atoms with van der Waals surface area (Å²) in [6, 6.07) is 5.27. The molecule has 0 aliphatic heterocycles. The van der Waals surface area contributed by atoms with Crippen molar-refractivity contribution in [2.45, 2.75) is 39.0 Å². The lowest BCUT2D eigenvalue weighted by Gasteiger charge is -2.19. The predicted molar refractivity (Wildman–Crippen MR) is 78.3 cm³/mol. The molecule has 0 fully saturated rings. The van der Waals surface area contributed by atoms with Gasteiger partial charge in [-0.1, -0.05) is 12.1 Å². The lowest BCUT2D eigenvalue weighted by molar-refractivity contribution is -0.137. The Morgan fingerprint density at radius 1 is 1.10 bits per heavy atom. The average molecular weight is 314 g/mol. The number of aryl methyl sites for hydroxylation is 1. The van der Waals surface area contributed by atoms with Crippen LogP contribution >= 0.6 is 11.3 Å². The number of rotatable bonds is 4. The standard InChI is InChI=1S/C15H17F3N2S/c1-9-8-21-14(19-9)11(3)20-10(2)12-4-6-13(7-5-12)15(16,17)18/h4-8,10-11,20H,1-3H3. The summed E-state index contributed by atoms with van der Waals surface area (Å²) in [5.41, 5.74) is 1.18. The molecule has 2 aromatic rings. The zero-order chi connectivity index (χ0) is 15.6. The maximum absolute atomic E-state index is 12.5. The highest BCUT2D eigenvalue weighted by Crippen LogP contribution is 2.30. The number of benzene rings is 1. The molecule has 0 amide bonds. The molecular weight excluding hydrogens is 297 g/mol. The van der Waals surface area contributed by atoms with E-state index in [9.17, 15) is 13.2 Å². The molecule has 2 atom stereocenters. The third-order valence-electron chi connectivity index (χ3n) is 3.25. The highest BCUT2D eigenvalue weighted by molar-refractivity contribution is 7.09. The van der Waals surface area contributed by atoms with E-state index in [1.807, 2.05) is 26.2 Å². The fourth-order valence-electron chi connectivity index (χ4n) is 2.07. The van der Waals surface area contributed by atoms with E-state index in [2.05, 4.69) is 10.3 Å². The number of nitrogens with zero attached hydrogens (tertiary/aromatic N) is 1. The molecule has 1 N–H and O–H groups in total. The molecule has 114 valence electrons. The van der Waals surface area contributed by atoms with Crippen LogP contribution in [-0.2, 0) is 6.18 Å². The van der Waals surface area contributed by atoms with Gasteiger partial charge in [0, 0.05) is 17.1 Å². The minimum atomic E-state index is -4.29. The van der Waals surface area contributed by atoms with Gasteiger partial charge in [-0.05, 0) is 38.5 Å². The predicted octanol–water partition coefficient (Wildman–Crippen LogP) is 4.88. The Morgan fingerprint density at radius 3 is 2.19 bits per heavy atom. The first-order valence-corrected chi connectivity index (χ1v) is 7.50. The molecule has 6 heteroatoms. The van der Waals surface area contributed by atoms with Crippen LogP contribution in [0.5, 0.6) is 0 Å². The van der Waals surface area contributed by atoms with Gasteiger partial charge in [-0.2, -0.15) is 13.2 Å². The Kier molecular flexibility index (Phi) is 4.68. The summed E-state index contributed by atoms with van der Waals surface area (Å²) in [7, 11) is 0. The van der Waals surface area contributed by atoms with Crippen LogP contribution in [-0.4, -0.2) is 4.98 Å². The molecule has 0 radical (unpaired) electrons. The summed E-state index contributed by atoms with van der Waals surface area (Å²) in [5.74, 6) is 0. The van der Waals surface area contributed by atoms with Crippen molar-refractivity contribution in [2.24, 2.45) is 0 Å². The van der Waals surface area contributed by atoms with E-state index in [-0.39, 0.29) is 12.1 Å². The molecule has 2 unspecified atom stereocenters. The second-order valence-electron chi connectivity index (χ2n) is 5.06. The van der Waals surface area contributed by atoms with E-state index in [1.54, 1.807) is 11.3 Å². The largest absolute Gasteiger partial charge is 0.416 e. The Morgan fingerprint density at radius 2 is 1.71 bits per heavy atom. The van der Waals surface area contributed by atoms with Gasteiger partial charge in [-0.15, -0.1) is 11.3 Å². The van der Waals surface area contributed by atoms with E-state index >= 15 is 0 Å². The van der Waals surface area contributed by atoms with Crippen LogP contribution in [0.15, 0.2) is 29.6 Å². The van der Waals surface area contributed by atoms with Gasteiger partial charge in [0.2, 0.25) is 0 Å². The fourth-order valence-corrected chi connectivity index (χ4v) is 2.89. The Bertz CT molecular complexity index is 590. The quantitative estimate of drug-likeness (QED) is 0.870. The van der Waals surface area contributed by atoms with Crippen molar-refractivity contribution >= 4 is 11.3 Å². The number of nitrogens with one attached hydrogen (secondary N) is 1. The summed E-state index contributed by atoms with van der Waals surface area (Å²) in [6.45, 7) is 5.87. The molecule has 2 rings (SSSR count). The van der Waals surface area contributed by atoms with Gasteiger partial charge in [-0.25, -0.2) is 4.98 Å². The lowest BCUT2D eigenvalue weighted by Crippen LogP contribution is -2.22. The van der Waals surface area contributed by atoms with E-state index in [0.29, 0.717) is 0 Å². The van der Waals surface area contributed by atoms with Crippen molar-refractivity contribution in [1.82, 2.24) is 10.3 Å². The second-order valence-corrected chi connectivity index (χ2v) is 5.95. The third-order valence-corrected chi connectivity index (χ3v) is 4.39. The number of hydrogen-bond acceptors (Lipinski definition) is 3. The van der Waals surface area contributed by atoms with Crippen molar-refractivity contribution in [3.8, 4) is 0 Å². The number of hydrogen-bond donors (Lipinski definition) is 1. The summed E-state index contributed by atoms with van der Waals surface area (Å²) in [4.78, 5) is 4.41. The third kappa shape index (κ3) is 4.04. The first kappa shape index (κ1) is 16.0. The minimum Gasteiger partial charge on any atom is -0.302 e.